The first-order valence-electron chi connectivity index (χ1n) is 2.91. The van der Waals surface area contributed by atoms with E-state index in [1.165, 1.54) is 0 Å². The molecule has 2 N–H and O–H groups in total. The summed E-state index contributed by atoms with van der Waals surface area (Å²) in [6.07, 6.45) is -0.464. The van der Waals surface area contributed by atoms with Crippen LogP contribution in [0.1, 0.15) is 2.74 Å². The van der Waals surface area contributed by atoms with Crippen molar-refractivity contribution in [3.8, 4) is 0 Å². The Morgan fingerprint density at radius 2 is 2.38 bits per heavy atom. The standard InChI is InChI=1S/C4H4N2O2/c7-3-1-2-5-4(8)6-3/h1-2H,(H2,5,6,7,8)/i1D,2D,5+1,6+1. The highest BCUT2D eigenvalue weighted by atomic mass is 16.2. The number of hydrogen-bond donors (Lipinski definition) is 2. The minimum atomic E-state index is -0.839. The maximum absolute atomic E-state index is 10.5. The molecule has 0 aliphatic rings. The zero-order valence-electron chi connectivity index (χ0n) is 5.82. The smallest absolute Gasteiger partial charge is 0.314 e. The second-order valence-electron chi connectivity index (χ2n) is 1.16. The number of aromatic nitrogens is 2. The van der Waals surface area contributed by atoms with Crippen LogP contribution in [0.4, 0.5) is 0 Å². The molecule has 0 radical (unpaired) electrons. The molecular weight excluding hydrogens is 110 g/mol. The molecule has 0 aliphatic heterocycles. The number of rotatable bonds is 0. The largest absolute Gasteiger partial charge is 0.325 e. The van der Waals surface area contributed by atoms with Gasteiger partial charge in [0.15, 0.2) is 0 Å². The fraction of sp³-hybridized carbons (Fsp3) is 0. The first kappa shape index (κ1) is 2.86. The number of nitrogens with one attached hydrogen (secondary N) is 2. The molecule has 4 nitrogen and oxygen atoms in total. The Labute approximate surface area is 47.0 Å². The van der Waals surface area contributed by atoms with Gasteiger partial charge in [-0.15, -0.1) is 0 Å². The van der Waals surface area contributed by atoms with Gasteiger partial charge >= 0.3 is 5.69 Å². The van der Waals surface area contributed by atoms with Gasteiger partial charge < -0.3 is 4.98 Å². The molecule has 1 heterocycles. The third-order valence-corrected chi connectivity index (χ3v) is 0.579. The summed E-state index contributed by atoms with van der Waals surface area (Å²) in [7, 11) is 0. The number of H-pyrrole nitrogens is 2. The highest BCUT2D eigenvalue weighted by Gasteiger charge is 1.77. The van der Waals surface area contributed by atoms with Gasteiger partial charge in [0.1, 0.15) is 0 Å². The van der Waals surface area contributed by atoms with Crippen LogP contribution in [0.5, 0.6) is 0 Å². The summed E-state index contributed by atoms with van der Waals surface area (Å²) in [5.41, 5.74) is -1.60. The fourth-order valence-corrected chi connectivity index (χ4v) is 0.310. The number of aromatic amines is 2. The fourth-order valence-electron chi connectivity index (χ4n) is 0.310. The molecule has 0 aliphatic carbocycles. The number of hydrogen-bond acceptors (Lipinski definition) is 2. The summed E-state index contributed by atoms with van der Waals surface area (Å²) in [6, 6.07) is -0.528. The predicted molar refractivity (Wildman–Crippen MR) is 27.7 cm³/mol. The Bertz CT molecular complexity index is 353. The SMILES string of the molecule is [2H]c1[15nH]c(=O)[15nH]c(=O)c1[2H]. The molecule has 1 aromatic heterocycles. The maximum atomic E-state index is 10.5. The summed E-state index contributed by atoms with van der Waals surface area (Å²) in [5.74, 6) is 0. The van der Waals surface area contributed by atoms with Gasteiger partial charge in [0.2, 0.25) is 0 Å². The molecule has 1 rings (SSSR count). The molecule has 0 saturated heterocycles. The van der Waals surface area contributed by atoms with Crippen molar-refractivity contribution < 1.29 is 2.74 Å². The molecule has 0 amide bonds. The van der Waals surface area contributed by atoms with Crippen LogP contribution in [0, 0.1) is 0 Å². The van der Waals surface area contributed by atoms with E-state index in [0.717, 1.165) is 0 Å². The van der Waals surface area contributed by atoms with Gasteiger partial charge in [-0.25, -0.2) is 4.79 Å². The quantitative estimate of drug-likeness (QED) is 0.459. The molecule has 0 fully saturated rings. The molecular formula is C4H4N2O2. The van der Waals surface area contributed by atoms with Crippen molar-refractivity contribution in [1.82, 2.24) is 9.97 Å². The third kappa shape index (κ3) is 0.841. The average Bonchev–Trinajstić information content (AvgIpc) is 1.82. The van der Waals surface area contributed by atoms with Gasteiger partial charge in [0.25, 0.3) is 5.56 Å². The minimum Gasteiger partial charge on any atom is -0.314 e. The minimum absolute atomic E-state index is 0.464. The highest BCUT2D eigenvalue weighted by molar-refractivity contribution is 4.77. The summed E-state index contributed by atoms with van der Waals surface area (Å²) < 4.78 is 13.7. The summed E-state index contributed by atoms with van der Waals surface area (Å²) in [6.45, 7) is 0. The van der Waals surface area contributed by atoms with E-state index in [1.54, 1.807) is 4.98 Å². The second kappa shape index (κ2) is 1.65. The van der Waals surface area contributed by atoms with Gasteiger partial charge in [-0.3, -0.25) is 9.78 Å². The molecule has 0 unspecified atom stereocenters. The lowest BCUT2D eigenvalue weighted by Crippen LogP contribution is -2.19. The molecule has 0 saturated carbocycles. The van der Waals surface area contributed by atoms with Crippen LogP contribution in [-0.4, -0.2) is 9.97 Å². The third-order valence-electron chi connectivity index (χ3n) is 0.579. The van der Waals surface area contributed by atoms with Gasteiger partial charge in [0, 0.05) is 12.2 Å². The van der Waals surface area contributed by atoms with Gasteiger partial charge in [-0.1, -0.05) is 0 Å². The zero-order chi connectivity index (χ0) is 7.72. The summed E-state index contributed by atoms with van der Waals surface area (Å²) >= 11 is 0. The van der Waals surface area contributed by atoms with Crippen LogP contribution in [-0.2, 0) is 0 Å². The van der Waals surface area contributed by atoms with E-state index in [4.69, 9.17) is 2.74 Å². The maximum Gasteiger partial charge on any atom is 0.325 e. The normalized spacial score (nSPS) is 12.5. The lowest BCUT2D eigenvalue weighted by molar-refractivity contribution is 1.04. The van der Waals surface area contributed by atoms with Crippen molar-refractivity contribution in [2.24, 2.45) is 0 Å². The highest BCUT2D eigenvalue weighted by Crippen LogP contribution is 1.51. The average molecular weight is 116 g/mol. The zero-order valence-corrected chi connectivity index (χ0v) is 3.82. The van der Waals surface area contributed by atoms with E-state index >= 15 is 0 Å². The molecule has 0 atom stereocenters. The van der Waals surface area contributed by atoms with Crippen LogP contribution >= 0.6 is 0 Å². The van der Waals surface area contributed by atoms with Crippen molar-refractivity contribution in [1.29, 1.82) is 0 Å². The molecule has 4 heteroatoms. The van der Waals surface area contributed by atoms with Crippen LogP contribution < -0.4 is 11.2 Å². The van der Waals surface area contributed by atoms with Crippen molar-refractivity contribution in [2.75, 3.05) is 0 Å². The van der Waals surface area contributed by atoms with Crippen molar-refractivity contribution in [3.05, 3.63) is 33.1 Å². The van der Waals surface area contributed by atoms with Crippen LogP contribution in [0.3, 0.4) is 0 Å². The van der Waals surface area contributed by atoms with E-state index in [-0.39, 0.29) is 0 Å². The Balaban J connectivity index is 3.62. The van der Waals surface area contributed by atoms with Crippen molar-refractivity contribution >= 4 is 0 Å². The van der Waals surface area contributed by atoms with Gasteiger partial charge in [0.05, 0.1) is 2.74 Å². The van der Waals surface area contributed by atoms with Crippen LogP contribution in [0.15, 0.2) is 21.8 Å². The predicted octanol–water partition coefficient (Wildman–Crippen LogP) is -0.937. The first-order valence-corrected chi connectivity index (χ1v) is 1.91. The van der Waals surface area contributed by atoms with Crippen LogP contribution in [0.25, 0.3) is 0 Å². The van der Waals surface area contributed by atoms with Gasteiger partial charge in [-0.05, 0) is 0 Å². The molecule has 1 aromatic rings. The molecule has 0 aromatic carbocycles. The van der Waals surface area contributed by atoms with Gasteiger partial charge in [-0.2, -0.15) is 0 Å². The van der Waals surface area contributed by atoms with E-state index in [1.807, 2.05) is 4.98 Å². The second-order valence-corrected chi connectivity index (χ2v) is 1.16. The lowest BCUT2D eigenvalue weighted by atomic mass is 10.7. The lowest BCUT2D eigenvalue weighted by Gasteiger charge is -1.75. The molecule has 0 spiro atoms. The Morgan fingerprint density at radius 3 is 3.00 bits per heavy atom. The summed E-state index contributed by atoms with van der Waals surface area (Å²) in [4.78, 5) is 24.6. The Morgan fingerprint density at radius 1 is 1.62 bits per heavy atom. The molecule has 0 bridgehead atoms. The van der Waals surface area contributed by atoms with E-state index in [2.05, 4.69) is 0 Å². The van der Waals surface area contributed by atoms with Crippen LogP contribution in [0.2, 0.25) is 0 Å². The summed E-state index contributed by atoms with van der Waals surface area (Å²) in [5, 5.41) is 0. The Hall–Kier alpha value is -1.32. The molecule has 8 heavy (non-hydrogen) atoms. The molecule has 42 valence electrons. The Kier molecular flexibility index (Phi) is 0.590. The topological polar surface area (TPSA) is 65.7 Å². The van der Waals surface area contributed by atoms with E-state index in [9.17, 15) is 9.59 Å². The monoisotopic (exact) mass is 116 g/mol. The van der Waals surface area contributed by atoms with E-state index < -0.39 is 23.5 Å². The van der Waals surface area contributed by atoms with Crippen molar-refractivity contribution in [2.45, 2.75) is 0 Å². The van der Waals surface area contributed by atoms with Crippen molar-refractivity contribution in [3.63, 3.8) is 0 Å². The first-order chi connectivity index (χ1) is 4.61. The van der Waals surface area contributed by atoms with E-state index in [0.29, 0.717) is 0 Å².